The van der Waals surface area contributed by atoms with Gasteiger partial charge in [0.05, 0.1) is 0 Å². The van der Waals surface area contributed by atoms with Gasteiger partial charge in [-0.25, -0.2) is 0 Å². The van der Waals surface area contributed by atoms with Crippen LogP contribution in [0, 0.1) is 5.92 Å². The Balaban J connectivity index is 1.64. The largest absolute Gasteiger partial charge is 0.399 e. The van der Waals surface area contributed by atoms with Gasteiger partial charge in [-0.1, -0.05) is 12.5 Å². The third-order valence-corrected chi connectivity index (χ3v) is 5.65. The minimum atomic E-state index is 0.682. The Morgan fingerprint density at radius 1 is 1.05 bits per heavy atom. The fourth-order valence-electron chi connectivity index (χ4n) is 4.84. The van der Waals surface area contributed by atoms with Gasteiger partial charge in [0.1, 0.15) is 0 Å². The average Bonchev–Trinajstić information content (AvgIpc) is 3.03. The van der Waals surface area contributed by atoms with Crippen molar-refractivity contribution in [3.63, 3.8) is 0 Å². The summed E-state index contributed by atoms with van der Waals surface area (Å²) in [5, 5.41) is 0. The lowest BCUT2D eigenvalue weighted by Crippen LogP contribution is -2.44. The lowest BCUT2D eigenvalue weighted by Gasteiger charge is -2.42. The molecule has 2 N–H and O–H groups in total. The number of nitrogen functional groups attached to an aromatic ring is 1. The van der Waals surface area contributed by atoms with E-state index in [4.69, 9.17) is 5.73 Å². The van der Waals surface area contributed by atoms with Gasteiger partial charge in [-0.2, -0.15) is 0 Å². The maximum atomic E-state index is 5.93. The fraction of sp³-hybridized carbons (Fsp3) is 0.647. The first-order valence-corrected chi connectivity index (χ1v) is 7.97. The van der Waals surface area contributed by atoms with E-state index < -0.39 is 0 Å². The summed E-state index contributed by atoms with van der Waals surface area (Å²) < 4.78 is 0. The summed E-state index contributed by atoms with van der Waals surface area (Å²) in [6, 6.07) is 8.14. The molecule has 0 bridgehead atoms. The zero-order valence-electron chi connectivity index (χ0n) is 11.6. The molecule has 1 aromatic carbocycles. The molecule has 3 unspecified atom stereocenters. The standard InChI is InChI=1S/C17H24N2/c18-14-7-8-15-13(11-14)6-9-17(15)19-10-2-4-12-3-1-5-16(12)19/h7-8,11-12,16-17H,1-6,9-10,18H2. The number of fused-ring (bicyclic) bond motifs is 2. The van der Waals surface area contributed by atoms with Crippen molar-refractivity contribution >= 4 is 5.69 Å². The summed E-state index contributed by atoms with van der Waals surface area (Å²) >= 11 is 0. The molecule has 2 fully saturated rings. The maximum Gasteiger partial charge on any atom is 0.0357 e. The number of piperidine rings is 1. The van der Waals surface area contributed by atoms with Crippen LogP contribution in [0.15, 0.2) is 18.2 Å². The van der Waals surface area contributed by atoms with Crippen molar-refractivity contribution in [2.75, 3.05) is 12.3 Å². The second-order valence-corrected chi connectivity index (χ2v) is 6.65. The van der Waals surface area contributed by atoms with E-state index in [1.165, 1.54) is 57.1 Å². The molecule has 3 atom stereocenters. The smallest absolute Gasteiger partial charge is 0.0357 e. The first-order valence-electron chi connectivity index (χ1n) is 7.97. The predicted molar refractivity (Wildman–Crippen MR) is 79.0 cm³/mol. The molecule has 2 nitrogen and oxygen atoms in total. The first-order chi connectivity index (χ1) is 9.33. The van der Waals surface area contributed by atoms with Crippen molar-refractivity contribution in [2.24, 2.45) is 5.92 Å². The second kappa shape index (κ2) is 4.52. The fourth-order valence-corrected chi connectivity index (χ4v) is 4.84. The highest BCUT2D eigenvalue weighted by molar-refractivity contribution is 5.47. The van der Waals surface area contributed by atoms with E-state index in [0.29, 0.717) is 6.04 Å². The second-order valence-electron chi connectivity index (χ2n) is 6.65. The lowest BCUT2D eigenvalue weighted by atomic mass is 9.89. The van der Waals surface area contributed by atoms with Gasteiger partial charge in [0, 0.05) is 17.8 Å². The predicted octanol–water partition coefficient (Wildman–Crippen LogP) is 3.52. The van der Waals surface area contributed by atoms with Gasteiger partial charge in [0.2, 0.25) is 0 Å². The van der Waals surface area contributed by atoms with Gasteiger partial charge in [0.15, 0.2) is 0 Å². The Bertz CT molecular complexity index is 482. The third kappa shape index (κ3) is 1.88. The van der Waals surface area contributed by atoms with Gasteiger partial charge in [-0.15, -0.1) is 0 Å². The molecule has 2 heteroatoms. The summed E-state index contributed by atoms with van der Waals surface area (Å²) in [6.45, 7) is 1.32. The van der Waals surface area contributed by atoms with Crippen molar-refractivity contribution in [1.82, 2.24) is 4.90 Å². The van der Waals surface area contributed by atoms with Crippen LogP contribution in [0.1, 0.15) is 55.7 Å². The first kappa shape index (κ1) is 11.8. The Morgan fingerprint density at radius 2 is 1.95 bits per heavy atom. The van der Waals surface area contributed by atoms with Gasteiger partial charge < -0.3 is 5.73 Å². The number of rotatable bonds is 1. The highest BCUT2D eigenvalue weighted by Gasteiger charge is 2.40. The highest BCUT2D eigenvalue weighted by atomic mass is 15.2. The summed E-state index contributed by atoms with van der Waals surface area (Å²) in [7, 11) is 0. The molecule has 4 rings (SSSR count). The summed E-state index contributed by atoms with van der Waals surface area (Å²) in [4.78, 5) is 2.85. The average molecular weight is 256 g/mol. The van der Waals surface area contributed by atoms with E-state index in [-0.39, 0.29) is 0 Å². The number of anilines is 1. The van der Waals surface area contributed by atoms with Crippen LogP contribution in [-0.4, -0.2) is 17.5 Å². The molecule has 1 heterocycles. The topological polar surface area (TPSA) is 29.3 Å². The normalized spacial score (nSPS) is 34.2. The molecular formula is C17H24N2. The van der Waals surface area contributed by atoms with Crippen LogP contribution in [0.25, 0.3) is 0 Å². The van der Waals surface area contributed by atoms with E-state index >= 15 is 0 Å². The van der Waals surface area contributed by atoms with E-state index in [1.807, 2.05) is 0 Å². The monoisotopic (exact) mass is 256 g/mol. The summed E-state index contributed by atoms with van der Waals surface area (Å²) in [6.07, 6.45) is 9.77. The Kier molecular flexibility index (Phi) is 2.80. The van der Waals surface area contributed by atoms with Crippen LogP contribution in [0.5, 0.6) is 0 Å². The molecule has 0 amide bonds. The molecule has 1 saturated carbocycles. The van der Waals surface area contributed by atoms with Crippen molar-refractivity contribution < 1.29 is 0 Å². The molecule has 0 spiro atoms. The number of hydrogen-bond donors (Lipinski definition) is 1. The SMILES string of the molecule is Nc1ccc2c(c1)CCC2N1CCCC2CCCC21. The Morgan fingerprint density at radius 3 is 2.89 bits per heavy atom. The van der Waals surface area contributed by atoms with Crippen LogP contribution >= 0.6 is 0 Å². The van der Waals surface area contributed by atoms with Gasteiger partial charge in [0.25, 0.3) is 0 Å². The molecule has 1 saturated heterocycles. The molecule has 102 valence electrons. The van der Waals surface area contributed by atoms with E-state index in [9.17, 15) is 0 Å². The molecule has 19 heavy (non-hydrogen) atoms. The van der Waals surface area contributed by atoms with E-state index in [1.54, 1.807) is 5.56 Å². The van der Waals surface area contributed by atoms with E-state index in [2.05, 4.69) is 23.1 Å². The third-order valence-electron chi connectivity index (χ3n) is 5.65. The molecule has 3 aliphatic rings. The number of benzene rings is 1. The zero-order valence-corrected chi connectivity index (χ0v) is 11.6. The Labute approximate surface area is 116 Å². The van der Waals surface area contributed by atoms with Crippen molar-refractivity contribution in [3.8, 4) is 0 Å². The highest BCUT2D eigenvalue weighted by Crippen LogP contribution is 2.45. The van der Waals surface area contributed by atoms with E-state index in [0.717, 1.165) is 17.6 Å². The van der Waals surface area contributed by atoms with Crippen LogP contribution < -0.4 is 5.73 Å². The van der Waals surface area contributed by atoms with Crippen LogP contribution in [0.2, 0.25) is 0 Å². The molecule has 0 radical (unpaired) electrons. The quantitative estimate of drug-likeness (QED) is 0.779. The maximum absolute atomic E-state index is 5.93. The molecule has 1 aliphatic heterocycles. The van der Waals surface area contributed by atoms with Crippen LogP contribution in [-0.2, 0) is 6.42 Å². The van der Waals surface area contributed by atoms with Crippen molar-refractivity contribution in [2.45, 2.75) is 57.0 Å². The zero-order chi connectivity index (χ0) is 12.8. The van der Waals surface area contributed by atoms with Crippen molar-refractivity contribution in [1.29, 1.82) is 0 Å². The number of nitrogens with two attached hydrogens (primary N) is 1. The molecule has 0 aromatic heterocycles. The molecular weight excluding hydrogens is 232 g/mol. The summed E-state index contributed by atoms with van der Waals surface area (Å²) in [5.74, 6) is 0.992. The molecule has 1 aromatic rings. The number of aryl methyl sites for hydroxylation is 1. The van der Waals surface area contributed by atoms with Gasteiger partial charge in [-0.05, 0) is 74.2 Å². The number of nitrogens with zero attached hydrogens (tertiary/aromatic N) is 1. The minimum Gasteiger partial charge on any atom is -0.399 e. The van der Waals surface area contributed by atoms with Crippen LogP contribution in [0.4, 0.5) is 5.69 Å². The molecule has 2 aliphatic carbocycles. The van der Waals surface area contributed by atoms with Gasteiger partial charge >= 0.3 is 0 Å². The lowest BCUT2D eigenvalue weighted by molar-refractivity contribution is 0.0673. The van der Waals surface area contributed by atoms with Gasteiger partial charge in [-0.3, -0.25) is 4.90 Å². The Hall–Kier alpha value is -1.02. The minimum absolute atomic E-state index is 0.682. The number of likely N-dealkylation sites (tertiary alicyclic amines) is 1. The summed E-state index contributed by atoms with van der Waals surface area (Å²) in [5.41, 5.74) is 9.93. The number of hydrogen-bond acceptors (Lipinski definition) is 2. The van der Waals surface area contributed by atoms with Crippen molar-refractivity contribution in [3.05, 3.63) is 29.3 Å². The van der Waals surface area contributed by atoms with Crippen LogP contribution in [0.3, 0.4) is 0 Å².